The van der Waals surface area contributed by atoms with Crippen LogP contribution in [0.3, 0.4) is 0 Å². The molecule has 0 saturated carbocycles. The van der Waals surface area contributed by atoms with E-state index in [1.54, 1.807) is 14.2 Å². The molecule has 2 aliphatic heterocycles. The van der Waals surface area contributed by atoms with Crippen LogP contribution >= 0.6 is 0 Å². The number of anilines is 2. The highest BCUT2D eigenvalue weighted by Crippen LogP contribution is 2.40. The monoisotopic (exact) mass is 396 g/mol. The van der Waals surface area contributed by atoms with Crippen molar-refractivity contribution in [1.82, 2.24) is 4.90 Å². The molecule has 1 fully saturated rings. The molecule has 2 heterocycles. The number of hydrogen-bond acceptors (Lipinski definition) is 5. The molecular weight excluding hydrogens is 364 g/mol. The average Bonchev–Trinajstić information content (AvgIpc) is 3.39. The first-order chi connectivity index (χ1) is 14.3. The molecular formula is C24H32N2O3. The minimum Gasteiger partial charge on any atom is -0.497 e. The van der Waals surface area contributed by atoms with E-state index in [0.717, 1.165) is 37.5 Å². The van der Waals surface area contributed by atoms with Crippen LogP contribution in [-0.4, -0.2) is 58.0 Å². The second-order valence-electron chi connectivity index (χ2n) is 7.92. The number of hydrogen-bond donors (Lipinski definition) is 0. The van der Waals surface area contributed by atoms with Crippen molar-refractivity contribution in [2.45, 2.75) is 31.7 Å². The maximum atomic E-state index is 5.97. The fourth-order valence-corrected chi connectivity index (χ4v) is 4.49. The summed E-state index contributed by atoms with van der Waals surface area (Å²) < 4.78 is 16.9. The molecule has 0 aromatic heterocycles. The lowest BCUT2D eigenvalue weighted by Crippen LogP contribution is -2.31. The van der Waals surface area contributed by atoms with Gasteiger partial charge in [0.25, 0.3) is 0 Å². The van der Waals surface area contributed by atoms with Crippen molar-refractivity contribution in [3.8, 4) is 11.5 Å². The highest BCUT2D eigenvalue weighted by atomic mass is 16.5. The van der Waals surface area contributed by atoms with Crippen LogP contribution in [-0.2, 0) is 11.2 Å². The number of benzene rings is 2. The molecule has 1 unspecified atom stereocenters. The van der Waals surface area contributed by atoms with E-state index in [0.29, 0.717) is 6.61 Å². The van der Waals surface area contributed by atoms with Crippen molar-refractivity contribution in [2.75, 3.05) is 52.0 Å². The molecule has 0 radical (unpaired) electrons. The minimum absolute atomic E-state index is 0.286. The molecule has 156 valence electrons. The van der Waals surface area contributed by atoms with Gasteiger partial charge in [-0.15, -0.1) is 0 Å². The van der Waals surface area contributed by atoms with Gasteiger partial charge in [0.05, 0.1) is 26.4 Å². The predicted molar refractivity (Wildman–Crippen MR) is 117 cm³/mol. The molecule has 1 saturated heterocycles. The van der Waals surface area contributed by atoms with Gasteiger partial charge in [-0.2, -0.15) is 0 Å². The molecule has 4 rings (SSSR count). The molecule has 29 heavy (non-hydrogen) atoms. The zero-order chi connectivity index (χ0) is 20.1. The van der Waals surface area contributed by atoms with Gasteiger partial charge in [0.15, 0.2) is 0 Å². The summed E-state index contributed by atoms with van der Waals surface area (Å²) in [6.45, 7) is 5.10. The summed E-state index contributed by atoms with van der Waals surface area (Å²) in [6, 6.07) is 15.1. The van der Waals surface area contributed by atoms with Crippen LogP contribution in [0.2, 0.25) is 0 Å². The Bertz CT molecular complexity index is 787. The van der Waals surface area contributed by atoms with E-state index >= 15 is 0 Å². The van der Waals surface area contributed by atoms with Gasteiger partial charge >= 0.3 is 0 Å². The summed E-state index contributed by atoms with van der Waals surface area (Å²) >= 11 is 0. The largest absolute Gasteiger partial charge is 0.497 e. The third kappa shape index (κ3) is 4.68. The van der Waals surface area contributed by atoms with E-state index in [4.69, 9.17) is 14.2 Å². The van der Waals surface area contributed by atoms with Gasteiger partial charge in [0, 0.05) is 25.0 Å². The highest BCUT2D eigenvalue weighted by molar-refractivity contribution is 5.72. The Kier molecular flexibility index (Phi) is 6.57. The van der Waals surface area contributed by atoms with Crippen molar-refractivity contribution >= 4 is 11.4 Å². The van der Waals surface area contributed by atoms with Crippen molar-refractivity contribution in [3.63, 3.8) is 0 Å². The first kappa shape index (κ1) is 20.0. The summed E-state index contributed by atoms with van der Waals surface area (Å²) in [4.78, 5) is 4.90. The summed E-state index contributed by atoms with van der Waals surface area (Å²) in [5, 5.41) is 0. The molecule has 0 N–H and O–H groups in total. The first-order valence-electron chi connectivity index (χ1n) is 10.7. The lowest BCUT2D eigenvalue weighted by atomic mass is 10.1. The molecule has 0 aliphatic carbocycles. The second kappa shape index (κ2) is 9.51. The fraction of sp³-hybridized carbons (Fsp3) is 0.500. The molecule has 2 aromatic carbocycles. The van der Waals surface area contributed by atoms with Crippen molar-refractivity contribution < 1.29 is 14.2 Å². The average molecular weight is 397 g/mol. The lowest BCUT2D eigenvalue weighted by Gasteiger charge is -2.27. The Hall–Kier alpha value is -2.24. The number of likely N-dealkylation sites (tertiary alicyclic amines) is 1. The Morgan fingerprint density at radius 3 is 2.45 bits per heavy atom. The van der Waals surface area contributed by atoms with E-state index in [2.05, 4.69) is 46.2 Å². The van der Waals surface area contributed by atoms with Crippen LogP contribution < -0.4 is 14.4 Å². The molecule has 0 bridgehead atoms. The van der Waals surface area contributed by atoms with Gasteiger partial charge in [0.2, 0.25) is 0 Å². The normalized spacial score (nSPS) is 18.8. The Morgan fingerprint density at radius 1 is 0.966 bits per heavy atom. The van der Waals surface area contributed by atoms with Crippen LogP contribution in [0.25, 0.3) is 0 Å². The van der Waals surface area contributed by atoms with E-state index in [9.17, 15) is 0 Å². The molecule has 2 aromatic rings. The predicted octanol–water partition coefficient (Wildman–Crippen LogP) is 4.27. The van der Waals surface area contributed by atoms with Crippen LogP contribution in [0.5, 0.6) is 11.5 Å². The minimum atomic E-state index is 0.286. The number of fused-ring (bicyclic) bond motifs is 1. The van der Waals surface area contributed by atoms with Gasteiger partial charge < -0.3 is 24.0 Å². The Balaban J connectivity index is 1.40. The molecule has 5 heteroatoms. The molecule has 5 nitrogen and oxygen atoms in total. The van der Waals surface area contributed by atoms with Gasteiger partial charge in [-0.1, -0.05) is 0 Å². The zero-order valence-electron chi connectivity index (χ0n) is 17.6. The third-order valence-corrected chi connectivity index (χ3v) is 5.93. The summed E-state index contributed by atoms with van der Waals surface area (Å²) in [5.41, 5.74) is 3.70. The topological polar surface area (TPSA) is 34.2 Å². The van der Waals surface area contributed by atoms with Crippen molar-refractivity contribution in [1.29, 1.82) is 0 Å². The smallest absolute Gasteiger partial charge is 0.119 e. The zero-order valence-corrected chi connectivity index (χ0v) is 17.6. The Labute approximate surface area is 174 Å². The van der Waals surface area contributed by atoms with Crippen molar-refractivity contribution in [3.05, 3.63) is 48.0 Å². The van der Waals surface area contributed by atoms with Crippen LogP contribution in [0.4, 0.5) is 11.4 Å². The third-order valence-electron chi connectivity index (χ3n) is 5.93. The molecule has 0 amide bonds. The summed E-state index contributed by atoms with van der Waals surface area (Å²) in [6.07, 6.45) is 4.73. The first-order valence-corrected chi connectivity index (χ1v) is 10.7. The molecule has 1 atom stereocenters. The second-order valence-corrected chi connectivity index (χ2v) is 7.92. The number of rotatable bonds is 9. The number of nitrogens with zero attached hydrogens (tertiary/aromatic N) is 2. The van der Waals surface area contributed by atoms with Crippen LogP contribution in [0.15, 0.2) is 42.5 Å². The van der Waals surface area contributed by atoms with Crippen LogP contribution in [0.1, 0.15) is 24.8 Å². The van der Waals surface area contributed by atoms with E-state index < -0.39 is 0 Å². The molecule has 2 aliphatic rings. The van der Waals surface area contributed by atoms with E-state index in [1.807, 2.05) is 6.07 Å². The van der Waals surface area contributed by atoms with Crippen molar-refractivity contribution in [2.24, 2.45) is 0 Å². The van der Waals surface area contributed by atoms with Gasteiger partial charge in [-0.25, -0.2) is 0 Å². The highest BCUT2D eigenvalue weighted by Gasteiger charge is 2.30. The molecule has 0 spiro atoms. The Morgan fingerprint density at radius 2 is 1.72 bits per heavy atom. The number of methoxy groups -OCH3 is 2. The quantitative estimate of drug-likeness (QED) is 0.592. The SMILES string of the molecule is COCC1Cc2cc(OC)ccc2N1c1ccc(OCCCN2CCCC2)cc1. The number of ether oxygens (including phenoxy) is 3. The standard InChI is InChI=1S/C24H32N2O3/c1-27-18-21-16-19-17-23(28-2)10-11-24(19)26(21)20-6-8-22(9-7-20)29-15-5-14-25-12-3-4-13-25/h6-11,17,21H,3-5,12-16,18H2,1-2H3. The maximum Gasteiger partial charge on any atom is 0.119 e. The van der Waals surface area contributed by atoms with Gasteiger partial charge in [-0.05, 0) is 86.8 Å². The summed E-state index contributed by atoms with van der Waals surface area (Å²) in [5.74, 6) is 1.84. The van der Waals surface area contributed by atoms with E-state index in [-0.39, 0.29) is 6.04 Å². The summed E-state index contributed by atoms with van der Waals surface area (Å²) in [7, 11) is 3.48. The maximum absolute atomic E-state index is 5.97. The van der Waals surface area contributed by atoms with Crippen LogP contribution in [0, 0.1) is 0 Å². The van der Waals surface area contributed by atoms with E-state index in [1.165, 1.54) is 42.9 Å². The van der Waals surface area contributed by atoms with Gasteiger partial charge in [-0.3, -0.25) is 0 Å². The van der Waals surface area contributed by atoms with Gasteiger partial charge in [0.1, 0.15) is 11.5 Å². The lowest BCUT2D eigenvalue weighted by molar-refractivity contribution is 0.182. The fourth-order valence-electron chi connectivity index (χ4n) is 4.49.